The average molecular weight is 392 g/mol. The van der Waals surface area contributed by atoms with Gasteiger partial charge < -0.3 is 9.64 Å². The van der Waals surface area contributed by atoms with Gasteiger partial charge in [0.05, 0.1) is 0 Å². The highest BCUT2D eigenvalue weighted by atomic mass is 19.4. The highest BCUT2D eigenvalue weighted by Crippen LogP contribution is 2.44. The summed E-state index contributed by atoms with van der Waals surface area (Å²) >= 11 is 0. The molecule has 4 nitrogen and oxygen atoms in total. The second-order valence-electron chi connectivity index (χ2n) is 7.73. The fraction of sp³-hybridized carbons (Fsp3) is 0.667. The summed E-state index contributed by atoms with van der Waals surface area (Å²) < 4.78 is 68.4. The zero-order chi connectivity index (χ0) is 20.0. The van der Waals surface area contributed by atoms with E-state index in [0.29, 0.717) is 12.1 Å². The van der Waals surface area contributed by atoms with Crippen LogP contribution in [0.5, 0.6) is 5.88 Å². The van der Waals surface area contributed by atoms with Crippen molar-refractivity contribution in [2.45, 2.75) is 63.1 Å². The number of amides is 1. The molecule has 1 aliphatic carbocycles. The predicted molar refractivity (Wildman–Crippen MR) is 87.1 cm³/mol. The maximum Gasteiger partial charge on any atom is 0.456 e. The highest BCUT2D eigenvalue weighted by molar-refractivity contribution is 5.93. The summed E-state index contributed by atoms with van der Waals surface area (Å²) in [6.45, 7) is 2.51. The number of hydrogen-bond acceptors (Lipinski definition) is 3. The minimum absolute atomic E-state index is 0.0133. The van der Waals surface area contributed by atoms with Gasteiger partial charge in [-0.2, -0.15) is 22.0 Å². The van der Waals surface area contributed by atoms with E-state index in [1.54, 1.807) is 11.0 Å². The van der Waals surface area contributed by atoms with E-state index < -0.39 is 18.7 Å². The van der Waals surface area contributed by atoms with Crippen LogP contribution in [0.1, 0.15) is 61.5 Å². The Bertz CT molecular complexity index is 729. The Morgan fingerprint density at radius 3 is 2.44 bits per heavy atom. The Labute approximate surface area is 153 Å². The van der Waals surface area contributed by atoms with E-state index in [4.69, 9.17) is 4.74 Å². The fourth-order valence-corrected chi connectivity index (χ4v) is 3.25. The fourth-order valence-electron chi connectivity index (χ4n) is 3.25. The van der Waals surface area contributed by atoms with Crippen molar-refractivity contribution in [3.63, 3.8) is 0 Å². The van der Waals surface area contributed by atoms with Crippen molar-refractivity contribution in [2.75, 3.05) is 13.2 Å². The zero-order valence-corrected chi connectivity index (χ0v) is 15.1. The van der Waals surface area contributed by atoms with Crippen LogP contribution in [0.4, 0.5) is 22.0 Å². The van der Waals surface area contributed by atoms with Crippen LogP contribution in [0, 0.1) is 0 Å². The molecule has 3 rings (SSSR count). The molecule has 0 N–H and O–H groups in total. The van der Waals surface area contributed by atoms with Crippen LogP contribution in [0.3, 0.4) is 0 Å². The molecule has 1 aliphatic heterocycles. The van der Waals surface area contributed by atoms with E-state index in [1.807, 2.05) is 13.8 Å². The normalized spacial score (nSPS) is 20.0. The molecule has 0 aromatic carbocycles. The van der Waals surface area contributed by atoms with Gasteiger partial charge in [-0.25, -0.2) is 4.98 Å². The number of hydrogen-bond donors (Lipinski definition) is 0. The Morgan fingerprint density at radius 2 is 1.93 bits per heavy atom. The predicted octanol–water partition coefficient (Wildman–Crippen LogP) is 4.55. The highest BCUT2D eigenvalue weighted by Gasteiger charge is 2.58. The van der Waals surface area contributed by atoms with Crippen molar-refractivity contribution < 1.29 is 31.5 Å². The molecule has 1 saturated heterocycles. The van der Waals surface area contributed by atoms with Crippen molar-refractivity contribution >= 4 is 5.91 Å². The summed E-state index contributed by atoms with van der Waals surface area (Å²) in [6.07, 6.45) is -2.50. The van der Waals surface area contributed by atoms with Crippen molar-refractivity contribution in [3.05, 3.63) is 23.4 Å². The van der Waals surface area contributed by atoms with Crippen LogP contribution >= 0.6 is 0 Å². The topological polar surface area (TPSA) is 42.4 Å². The van der Waals surface area contributed by atoms with Gasteiger partial charge in [0.25, 0.3) is 5.91 Å². The van der Waals surface area contributed by atoms with Gasteiger partial charge in [0, 0.05) is 17.6 Å². The third-order valence-electron chi connectivity index (χ3n) is 5.08. The Balaban J connectivity index is 1.84. The standard InChI is InChI=1S/C18H21F5N2O2/c1-16(2)8-3-9-25(16)15(26)13-7-6-12(11-4-5-11)14(24-13)27-10-17(19,20)18(21,22)23/h6-7,11H,3-5,8-10H2,1-2H3. The van der Waals surface area contributed by atoms with Crippen LogP contribution in [-0.4, -0.2) is 46.6 Å². The first kappa shape index (κ1) is 19.8. The number of nitrogens with zero attached hydrogens (tertiary/aromatic N) is 2. The first-order valence-corrected chi connectivity index (χ1v) is 8.83. The lowest BCUT2D eigenvalue weighted by molar-refractivity contribution is -0.290. The minimum atomic E-state index is -5.71. The van der Waals surface area contributed by atoms with E-state index in [-0.39, 0.29) is 28.9 Å². The summed E-state index contributed by atoms with van der Waals surface area (Å²) in [4.78, 5) is 18.4. The lowest BCUT2D eigenvalue weighted by Crippen LogP contribution is -2.43. The van der Waals surface area contributed by atoms with E-state index >= 15 is 0 Å². The lowest BCUT2D eigenvalue weighted by atomic mass is 10.0. The Hall–Kier alpha value is -1.93. The van der Waals surface area contributed by atoms with Gasteiger partial charge in [-0.1, -0.05) is 6.07 Å². The molecule has 0 bridgehead atoms. The number of ether oxygens (including phenoxy) is 1. The largest absolute Gasteiger partial charge is 0.471 e. The molecule has 1 saturated carbocycles. The van der Waals surface area contributed by atoms with E-state index in [0.717, 1.165) is 25.7 Å². The maximum absolute atomic E-state index is 13.2. The Morgan fingerprint density at radius 1 is 1.26 bits per heavy atom. The summed E-state index contributed by atoms with van der Waals surface area (Å²) in [5, 5.41) is 0. The third kappa shape index (κ3) is 4.01. The number of carbonyl (C=O) groups is 1. The number of rotatable bonds is 5. The molecular formula is C18H21F5N2O2. The molecule has 2 aliphatic rings. The maximum atomic E-state index is 13.2. The number of aromatic nitrogens is 1. The molecule has 2 heterocycles. The van der Waals surface area contributed by atoms with Gasteiger partial charge >= 0.3 is 12.1 Å². The van der Waals surface area contributed by atoms with Gasteiger partial charge in [0.2, 0.25) is 5.88 Å². The van der Waals surface area contributed by atoms with Crippen LogP contribution < -0.4 is 4.74 Å². The van der Waals surface area contributed by atoms with Gasteiger partial charge in [-0.3, -0.25) is 4.79 Å². The summed E-state index contributed by atoms with van der Waals surface area (Å²) in [5.74, 6) is -5.68. The first-order chi connectivity index (χ1) is 12.4. The van der Waals surface area contributed by atoms with Crippen LogP contribution in [-0.2, 0) is 0 Å². The van der Waals surface area contributed by atoms with E-state index in [2.05, 4.69) is 4.98 Å². The molecule has 1 amide bonds. The molecule has 150 valence electrons. The number of pyridine rings is 1. The van der Waals surface area contributed by atoms with Crippen molar-refractivity contribution in [3.8, 4) is 5.88 Å². The average Bonchev–Trinajstić information content (AvgIpc) is 3.34. The molecule has 0 atom stereocenters. The van der Waals surface area contributed by atoms with Crippen molar-refractivity contribution in [2.24, 2.45) is 0 Å². The molecule has 9 heteroatoms. The Kier molecular flexibility index (Phi) is 4.84. The molecule has 1 aromatic heterocycles. The molecule has 2 fully saturated rings. The van der Waals surface area contributed by atoms with Gasteiger partial charge in [-0.15, -0.1) is 0 Å². The second kappa shape index (κ2) is 6.60. The van der Waals surface area contributed by atoms with Crippen LogP contribution in [0.15, 0.2) is 12.1 Å². The minimum Gasteiger partial charge on any atom is -0.471 e. The summed E-state index contributed by atoms with van der Waals surface area (Å²) in [5.41, 5.74) is 0.0862. The summed E-state index contributed by atoms with van der Waals surface area (Å²) in [7, 11) is 0. The zero-order valence-electron chi connectivity index (χ0n) is 15.1. The van der Waals surface area contributed by atoms with E-state index in [1.165, 1.54) is 6.07 Å². The molecule has 0 radical (unpaired) electrons. The molecule has 0 unspecified atom stereocenters. The van der Waals surface area contributed by atoms with Crippen molar-refractivity contribution in [1.82, 2.24) is 9.88 Å². The monoisotopic (exact) mass is 392 g/mol. The number of likely N-dealkylation sites (tertiary alicyclic amines) is 1. The van der Waals surface area contributed by atoms with Gasteiger partial charge in [-0.05, 0) is 51.5 Å². The number of halogens is 5. The van der Waals surface area contributed by atoms with Crippen LogP contribution in [0.2, 0.25) is 0 Å². The number of carbonyl (C=O) groups excluding carboxylic acids is 1. The lowest BCUT2D eigenvalue weighted by Gasteiger charge is -2.31. The van der Waals surface area contributed by atoms with Crippen molar-refractivity contribution in [1.29, 1.82) is 0 Å². The third-order valence-corrected chi connectivity index (χ3v) is 5.08. The van der Waals surface area contributed by atoms with Gasteiger partial charge in [0.1, 0.15) is 5.69 Å². The quantitative estimate of drug-likeness (QED) is 0.691. The molecule has 0 spiro atoms. The SMILES string of the molecule is CC1(C)CCCN1C(=O)c1ccc(C2CC2)c(OCC(F)(F)C(F)(F)F)n1. The second-order valence-corrected chi connectivity index (χ2v) is 7.73. The first-order valence-electron chi connectivity index (χ1n) is 8.83. The molecule has 27 heavy (non-hydrogen) atoms. The van der Waals surface area contributed by atoms with Crippen LogP contribution in [0.25, 0.3) is 0 Å². The summed E-state index contributed by atoms with van der Waals surface area (Å²) in [6, 6.07) is 3.03. The molecule has 1 aromatic rings. The number of alkyl halides is 5. The molecular weight excluding hydrogens is 371 g/mol. The van der Waals surface area contributed by atoms with E-state index in [9.17, 15) is 26.7 Å². The smallest absolute Gasteiger partial charge is 0.456 e. The van der Waals surface area contributed by atoms with Gasteiger partial charge in [0.15, 0.2) is 6.61 Å².